The van der Waals surface area contributed by atoms with Crippen molar-refractivity contribution in [1.29, 1.82) is 0 Å². The normalized spacial score (nSPS) is 14.6. The van der Waals surface area contributed by atoms with Crippen molar-refractivity contribution in [2.24, 2.45) is 0 Å². The summed E-state index contributed by atoms with van der Waals surface area (Å²) in [5.74, 6) is 1.95. The minimum atomic E-state index is -0.222. The molecule has 4 heterocycles. The molecule has 0 bridgehead atoms. The van der Waals surface area contributed by atoms with E-state index in [1.165, 1.54) is 11.3 Å². The summed E-state index contributed by atoms with van der Waals surface area (Å²) in [6, 6.07) is 13.6. The van der Waals surface area contributed by atoms with E-state index in [4.69, 9.17) is 24.9 Å². The molecule has 2 aromatic heterocycles. The number of rotatable bonds is 5. The Hall–Kier alpha value is -3.82. The predicted molar refractivity (Wildman–Crippen MR) is 140 cm³/mol. The number of thiophene rings is 1. The topological polar surface area (TPSA) is 98.9 Å². The number of ether oxygens (including phenoxy) is 3. The highest BCUT2D eigenvalue weighted by Gasteiger charge is 2.27. The predicted octanol–water partition coefficient (Wildman–Crippen LogP) is 4.20. The summed E-state index contributed by atoms with van der Waals surface area (Å²) >= 11 is 1.34. The summed E-state index contributed by atoms with van der Waals surface area (Å²) in [5, 5.41) is 3.83. The average molecular weight is 503 g/mol. The first kappa shape index (κ1) is 22.6. The monoisotopic (exact) mass is 502 g/mol. The zero-order valence-electron chi connectivity index (χ0n) is 20.1. The molecule has 2 aliphatic rings. The number of nitrogens with one attached hydrogen (secondary N) is 1. The van der Waals surface area contributed by atoms with Crippen LogP contribution in [0.25, 0.3) is 21.3 Å². The fourth-order valence-electron chi connectivity index (χ4n) is 4.84. The molecule has 0 saturated carbocycles. The maximum atomic E-state index is 13.3. The summed E-state index contributed by atoms with van der Waals surface area (Å²) in [6.45, 7) is 2.27. The van der Waals surface area contributed by atoms with Crippen molar-refractivity contribution in [3.8, 4) is 28.4 Å². The molecule has 4 aromatic rings. The van der Waals surface area contributed by atoms with Crippen molar-refractivity contribution in [3.05, 3.63) is 64.2 Å². The molecule has 2 aromatic carbocycles. The van der Waals surface area contributed by atoms with Gasteiger partial charge in [-0.15, -0.1) is 11.3 Å². The molecule has 1 amide bonds. The van der Waals surface area contributed by atoms with Crippen LogP contribution in [0.4, 0.5) is 5.69 Å². The Morgan fingerprint density at radius 2 is 2.08 bits per heavy atom. The van der Waals surface area contributed by atoms with Crippen LogP contribution in [0, 0.1) is 0 Å². The standard InChI is InChI=1S/C27H26N4O4S/c1-31-9-8-19-18(13-31)22(16-4-3-5-17(11-16)33-2)23-24(28)25(36-27(23)30-19)26(32)29-12-15-6-7-20-21(10-15)35-14-34-20/h3-7,10-11H,8-9,12-14,28H2,1-2H3,(H,29,32). The number of carbonyl (C=O) groups is 1. The minimum Gasteiger partial charge on any atom is -0.497 e. The Bertz CT molecular complexity index is 1500. The van der Waals surface area contributed by atoms with Gasteiger partial charge in [-0.2, -0.15) is 0 Å². The third kappa shape index (κ3) is 3.90. The molecular formula is C27H26N4O4S. The number of amides is 1. The van der Waals surface area contributed by atoms with Gasteiger partial charge in [-0.3, -0.25) is 4.79 Å². The Morgan fingerprint density at radius 3 is 2.94 bits per heavy atom. The van der Waals surface area contributed by atoms with Crippen LogP contribution in [-0.2, 0) is 19.5 Å². The molecule has 0 fully saturated rings. The Balaban J connectivity index is 1.40. The van der Waals surface area contributed by atoms with E-state index < -0.39 is 0 Å². The van der Waals surface area contributed by atoms with Crippen LogP contribution < -0.4 is 25.3 Å². The molecule has 0 unspecified atom stereocenters. The zero-order valence-corrected chi connectivity index (χ0v) is 20.9. The smallest absolute Gasteiger partial charge is 0.263 e. The summed E-state index contributed by atoms with van der Waals surface area (Å²) in [5.41, 5.74) is 12.3. The highest BCUT2D eigenvalue weighted by atomic mass is 32.1. The fraction of sp³-hybridized carbons (Fsp3) is 0.259. The molecule has 184 valence electrons. The summed E-state index contributed by atoms with van der Waals surface area (Å²) in [4.78, 5) is 21.8. The number of nitrogens with zero attached hydrogens (tertiary/aromatic N) is 2. The van der Waals surface area contributed by atoms with Crippen LogP contribution in [0.15, 0.2) is 42.5 Å². The maximum Gasteiger partial charge on any atom is 0.263 e. The van der Waals surface area contributed by atoms with E-state index in [-0.39, 0.29) is 12.7 Å². The van der Waals surface area contributed by atoms with Crippen LogP contribution in [0.2, 0.25) is 0 Å². The zero-order chi connectivity index (χ0) is 24.8. The quantitative estimate of drug-likeness (QED) is 0.422. The number of fused-ring (bicyclic) bond motifs is 3. The molecule has 2 aliphatic heterocycles. The molecule has 0 saturated heterocycles. The lowest BCUT2D eigenvalue weighted by atomic mass is 9.92. The number of nitrogens with two attached hydrogens (primary N) is 1. The van der Waals surface area contributed by atoms with E-state index in [0.717, 1.165) is 63.4 Å². The molecule has 6 rings (SSSR count). The Morgan fingerprint density at radius 1 is 1.22 bits per heavy atom. The van der Waals surface area contributed by atoms with Crippen molar-refractivity contribution in [3.63, 3.8) is 0 Å². The molecule has 3 N–H and O–H groups in total. The molecular weight excluding hydrogens is 476 g/mol. The number of likely N-dealkylation sites (N-methyl/N-ethyl adjacent to an activating group) is 1. The van der Waals surface area contributed by atoms with Gasteiger partial charge in [0.1, 0.15) is 15.5 Å². The second-order valence-electron chi connectivity index (χ2n) is 9.03. The maximum absolute atomic E-state index is 13.3. The molecule has 9 heteroatoms. The van der Waals surface area contributed by atoms with E-state index in [2.05, 4.69) is 23.3 Å². The van der Waals surface area contributed by atoms with Gasteiger partial charge in [-0.1, -0.05) is 18.2 Å². The van der Waals surface area contributed by atoms with Crippen molar-refractivity contribution in [1.82, 2.24) is 15.2 Å². The summed E-state index contributed by atoms with van der Waals surface area (Å²) in [6.07, 6.45) is 0.849. The first-order valence-corrected chi connectivity index (χ1v) is 12.6. The first-order chi connectivity index (χ1) is 17.5. The first-order valence-electron chi connectivity index (χ1n) is 11.7. The lowest BCUT2D eigenvalue weighted by Crippen LogP contribution is -2.28. The van der Waals surface area contributed by atoms with Crippen LogP contribution in [-0.4, -0.2) is 43.3 Å². The molecule has 8 nitrogen and oxygen atoms in total. The molecule has 0 aliphatic carbocycles. The number of pyridine rings is 1. The lowest BCUT2D eigenvalue weighted by Gasteiger charge is -2.27. The summed E-state index contributed by atoms with van der Waals surface area (Å²) in [7, 11) is 3.76. The number of benzene rings is 2. The van der Waals surface area contributed by atoms with Gasteiger partial charge in [-0.25, -0.2) is 4.98 Å². The number of aromatic nitrogens is 1. The number of nitrogen functional groups attached to an aromatic ring is 1. The number of hydrogen-bond donors (Lipinski definition) is 2. The second kappa shape index (κ2) is 9.00. The molecule has 0 spiro atoms. The Labute approximate surface area is 212 Å². The lowest BCUT2D eigenvalue weighted by molar-refractivity contribution is 0.0955. The van der Waals surface area contributed by atoms with E-state index in [1.807, 2.05) is 36.4 Å². The fourth-order valence-corrected chi connectivity index (χ4v) is 5.88. The summed E-state index contributed by atoms with van der Waals surface area (Å²) < 4.78 is 16.3. The van der Waals surface area contributed by atoms with E-state index in [1.54, 1.807) is 7.11 Å². The van der Waals surface area contributed by atoms with Gasteiger partial charge in [0.2, 0.25) is 6.79 Å². The minimum absolute atomic E-state index is 0.214. The van der Waals surface area contributed by atoms with Gasteiger partial charge in [0.15, 0.2) is 11.5 Å². The van der Waals surface area contributed by atoms with Crippen LogP contribution in [0.5, 0.6) is 17.2 Å². The number of hydrogen-bond acceptors (Lipinski definition) is 8. The molecule has 0 radical (unpaired) electrons. The SMILES string of the molecule is COc1cccc(-c2c3c(nc4sc(C(=O)NCc5ccc6c(c5)OCO6)c(N)c24)CCN(C)C3)c1. The highest BCUT2D eigenvalue weighted by molar-refractivity contribution is 7.21. The van der Waals surface area contributed by atoms with E-state index in [0.29, 0.717) is 28.6 Å². The Kier molecular flexibility index (Phi) is 5.66. The highest BCUT2D eigenvalue weighted by Crippen LogP contribution is 2.44. The van der Waals surface area contributed by atoms with Gasteiger partial charge in [0.25, 0.3) is 5.91 Å². The van der Waals surface area contributed by atoms with Gasteiger partial charge < -0.3 is 30.2 Å². The van der Waals surface area contributed by atoms with Gasteiger partial charge in [0.05, 0.1) is 12.8 Å². The number of carbonyl (C=O) groups excluding carboxylic acids is 1. The van der Waals surface area contributed by atoms with E-state index in [9.17, 15) is 4.79 Å². The second-order valence-corrected chi connectivity index (χ2v) is 10.0. The van der Waals surface area contributed by atoms with Gasteiger partial charge in [0, 0.05) is 42.7 Å². The molecule has 0 atom stereocenters. The average Bonchev–Trinajstić information content (AvgIpc) is 3.50. The van der Waals surface area contributed by atoms with Crippen LogP contribution >= 0.6 is 11.3 Å². The third-order valence-corrected chi connectivity index (χ3v) is 7.77. The van der Waals surface area contributed by atoms with Crippen molar-refractivity contribution in [2.45, 2.75) is 19.5 Å². The largest absolute Gasteiger partial charge is 0.497 e. The van der Waals surface area contributed by atoms with Crippen LogP contribution in [0.1, 0.15) is 26.5 Å². The van der Waals surface area contributed by atoms with E-state index >= 15 is 0 Å². The van der Waals surface area contributed by atoms with Crippen molar-refractivity contribution >= 4 is 33.1 Å². The van der Waals surface area contributed by atoms with Crippen molar-refractivity contribution in [2.75, 3.05) is 33.2 Å². The number of anilines is 1. The third-order valence-electron chi connectivity index (χ3n) is 6.68. The van der Waals surface area contributed by atoms with Crippen LogP contribution in [0.3, 0.4) is 0 Å². The molecule has 36 heavy (non-hydrogen) atoms. The van der Waals surface area contributed by atoms with Gasteiger partial charge in [-0.05, 0) is 48.0 Å². The van der Waals surface area contributed by atoms with Gasteiger partial charge >= 0.3 is 0 Å². The van der Waals surface area contributed by atoms with Crippen molar-refractivity contribution < 1.29 is 19.0 Å². The number of methoxy groups -OCH3 is 1.